The fraction of sp³-hybridized carbons (Fsp3) is 0.938. The number of hydrogen-bond acceptors (Lipinski definition) is 3. The van der Waals surface area contributed by atoms with E-state index >= 15 is 0 Å². The quantitative estimate of drug-likeness (QED) is 0.753. The maximum absolute atomic E-state index is 12.0. The van der Waals surface area contributed by atoms with Crippen LogP contribution in [0.2, 0.25) is 0 Å². The number of carbonyl (C=O) groups excluding carboxylic acids is 1. The fourth-order valence-corrected chi connectivity index (χ4v) is 3.25. The zero-order valence-electron chi connectivity index (χ0n) is 13.7. The van der Waals surface area contributed by atoms with Crippen molar-refractivity contribution >= 4 is 5.91 Å². The summed E-state index contributed by atoms with van der Waals surface area (Å²) in [4.78, 5) is 14.4. The van der Waals surface area contributed by atoms with Gasteiger partial charge in [0.2, 0.25) is 5.91 Å². The first-order valence-corrected chi connectivity index (χ1v) is 8.15. The Morgan fingerprint density at radius 3 is 2.20 bits per heavy atom. The molecule has 0 aromatic rings. The van der Waals surface area contributed by atoms with Crippen molar-refractivity contribution in [3.63, 3.8) is 0 Å². The second kappa shape index (κ2) is 7.99. The minimum absolute atomic E-state index is 0.113. The van der Waals surface area contributed by atoms with Gasteiger partial charge < -0.3 is 11.1 Å². The van der Waals surface area contributed by atoms with Crippen LogP contribution in [0.25, 0.3) is 0 Å². The number of nitrogens with one attached hydrogen (secondary N) is 1. The third kappa shape index (κ3) is 5.80. The van der Waals surface area contributed by atoms with Gasteiger partial charge in [0.25, 0.3) is 0 Å². The van der Waals surface area contributed by atoms with Crippen LogP contribution >= 0.6 is 0 Å². The summed E-state index contributed by atoms with van der Waals surface area (Å²) in [5.74, 6) is 0.113. The van der Waals surface area contributed by atoms with Crippen molar-refractivity contribution < 1.29 is 4.79 Å². The van der Waals surface area contributed by atoms with E-state index in [9.17, 15) is 4.79 Å². The average molecular weight is 283 g/mol. The molecular formula is C16H33N3O. The second-order valence-corrected chi connectivity index (χ2v) is 6.88. The predicted molar refractivity (Wildman–Crippen MR) is 84.6 cm³/mol. The molecule has 0 atom stereocenters. The van der Waals surface area contributed by atoms with Crippen molar-refractivity contribution in [1.82, 2.24) is 10.2 Å². The molecule has 0 radical (unpaired) electrons. The van der Waals surface area contributed by atoms with Gasteiger partial charge in [-0.15, -0.1) is 0 Å². The van der Waals surface area contributed by atoms with Gasteiger partial charge in [0, 0.05) is 37.1 Å². The number of nitrogens with two attached hydrogens (primary N) is 1. The molecule has 0 heterocycles. The van der Waals surface area contributed by atoms with Crippen LogP contribution in [0, 0.1) is 0 Å². The van der Waals surface area contributed by atoms with Crippen LogP contribution in [0.5, 0.6) is 0 Å². The van der Waals surface area contributed by atoms with E-state index in [1.807, 2.05) is 0 Å². The largest absolute Gasteiger partial charge is 0.355 e. The van der Waals surface area contributed by atoms with Crippen molar-refractivity contribution in [2.45, 2.75) is 83.8 Å². The monoisotopic (exact) mass is 283 g/mol. The van der Waals surface area contributed by atoms with Crippen molar-refractivity contribution in [2.24, 2.45) is 5.73 Å². The topological polar surface area (TPSA) is 58.4 Å². The summed E-state index contributed by atoms with van der Waals surface area (Å²) >= 11 is 0. The van der Waals surface area contributed by atoms with E-state index in [0.717, 1.165) is 32.2 Å². The Hall–Kier alpha value is -0.610. The number of rotatable bonds is 7. The van der Waals surface area contributed by atoms with Crippen LogP contribution in [0.1, 0.15) is 66.2 Å². The van der Waals surface area contributed by atoms with Gasteiger partial charge >= 0.3 is 0 Å². The zero-order chi connectivity index (χ0) is 15.2. The van der Waals surface area contributed by atoms with Gasteiger partial charge in [-0.1, -0.05) is 19.3 Å². The standard InChI is InChI=1S/C16H33N3O/c1-13(2)19(14(3)4)11-10-18-15(20)12-16(17)8-6-5-7-9-16/h13-14H,5-12,17H2,1-4H3,(H,18,20). The highest BCUT2D eigenvalue weighted by Crippen LogP contribution is 2.28. The molecule has 0 aromatic heterocycles. The fourth-order valence-electron chi connectivity index (χ4n) is 3.25. The molecule has 0 saturated heterocycles. The van der Waals surface area contributed by atoms with Crippen LogP contribution in [0.4, 0.5) is 0 Å². The first-order chi connectivity index (χ1) is 9.34. The van der Waals surface area contributed by atoms with Gasteiger partial charge in [-0.2, -0.15) is 0 Å². The predicted octanol–water partition coefficient (Wildman–Crippen LogP) is 2.27. The molecular weight excluding hydrogens is 250 g/mol. The first kappa shape index (κ1) is 17.4. The third-order valence-corrected chi connectivity index (χ3v) is 4.38. The number of amides is 1. The van der Waals surface area contributed by atoms with E-state index < -0.39 is 0 Å². The number of carbonyl (C=O) groups is 1. The van der Waals surface area contributed by atoms with E-state index in [0.29, 0.717) is 25.0 Å². The van der Waals surface area contributed by atoms with Crippen LogP contribution in [0.3, 0.4) is 0 Å². The molecule has 3 N–H and O–H groups in total. The van der Waals surface area contributed by atoms with E-state index in [-0.39, 0.29) is 11.4 Å². The molecule has 1 amide bonds. The average Bonchev–Trinajstić information content (AvgIpc) is 2.33. The normalized spacial score (nSPS) is 18.8. The van der Waals surface area contributed by atoms with Crippen LogP contribution < -0.4 is 11.1 Å². The molecule has 4 heteroatoms. The van der Waals surface area contributed by atoms with Crippen LogP contribution in [-0.2, 0) is 4.79 Å². The molecule has 0 unspecified atom stereocenters. The number of nitrogens with zero attached hydrogens (tertiary/aromatic N) is 1. The smallest absolute Gasteiger partial charge is 0.221 e. The van der Waals surface area contributed by atoms with Crippen LogP contribution in [-0.4, -0.2) is 41.5 Å². The minimum atomic E-state index is -0.252. The van der Waals surface area contributed by atoms with E-state index in [4.69, 9.17) is 5.73 Å². The third-order valence-electron chi connectivity index (χ3n) is 4.38. The lowest BCUT2D eigenvalue weighted by Crippen LogP contribution is -2.47. The Balaban J connectivity index is 2.29. The van der Waals surface area contributed by atoms with Crippen molar-refractivity contribution in [1.29, 1.82) is 0 Å². The van der Waals surface area contributed by atoms with Crippen LogP contribution in [0.15, 0.2) is 0 Å². The lowest BCUT2D eigenvalue weighted by molar-refractivity contribution is -0.122. The molecule has 20 heavy (non-hydrogen) atoms. The summed E-state index contributed by atoms with van der Waals surface area (Å²) < 4.78 is 0. The van der Waals surface area contributed by atoms with E-state index in [1.54, 1.807) is 0 Å². The molecule has 0 spiro atoms. The minimum Gasteiger partial charge on any atom is -0.355 e. The highest BCUT2D eigenvalue weighted by Gasteiger charge is 2.29. The molecule has 0 bridgehead atoms. The lowest BCUT2D eigenvalue weighted by atomic mass is 9.80. The van der Waals surface area contributed by atoms with Gasteiger partial charge in [-0.25, -0.2) is 0 Å². The molecule has 1 aliphatic rings. The Bertz CT molecular complexity index is 288. The molecule has 1 aliphatic carbocycles. The van der Waals surface area contributed by atoms with Crippen molar-refractivity contribution in [3.8, 4) is 0 Å². The summed E-state index contributed by atoms with van der Waals surface area (Å²) in [6.45, 7) is 10.4. The van der Waals surface area contributed by atoms with Gasteiger partial charge in [0.05, 0.1) is 0 Å². The summed E-state index contributed by atoms with van der Waals surface area (Å²) in [5.41, 5.74) is 6.06. The number of hydrogen-bond donors (Lipinski definition) is 2. The Labute approximate surface area is 124 Å². The Morgan fingerprint density at radius 2 is 1.70 bits per heavy atom. The van der Waals surface area contributed by atoms with Gasteiger partial charge in [-0.05, 0) is 40.5 Å². The highest BCUT2D eigenvalue weighted by molar-refractivity contribution is 5.77. The first-order valence-electron chi connectivity index (χ1n) is 8.15. The molecule has 1 fully saturated rings. The highest BCUT2D eigenvalue weighted by atomic mass is 16.1. The van der Waals surface area contributed by atoms with E-state index in [1.165, 1.54) is 6.42 Å². The molecule has 1 rings (SSSR count). The maximum Gasteiger partial charge on any atom is 0.221 e. The molecule has 0 aliphatic heterocycles. The molecule has 1 saturated carbocycles. The zero-order valence-corrected chi connectivity index (χ0v) is 13.7. The van der Waals surface area contributed by atoms with Crippen molar-refractivity contribution in [2.75, 3.05) is 13.1 Å². The van der Waals surface area contributed by atoms with Gasteiger partial charge in [0.15, 0.2) is 0 Å². The summed E-state index contributed by atoms with van der Waals surface area (Å²) in [6.07, 6.45) is 6.06. The molecule has 118 valence electrons. The molecule has 4 nitrogen and oxygen atoms in total. The lowest BCUT2D eigenvalue weighted by Gasteiger charge is -2.33. The maximum atomic E-state index is 12.0. The van der Waals surface area contributed by atoms with Gasteiger partial charge in [0.1, 0.15) is 0 Å². The van der Waals surface area contributed by atoms with Crippen molar-refractivity contribution in [3.05, 3.63) is 0 Å². The SMILES string of the molecule is CC(C)N(CCNC(=O)CC1(N)CCCCC1)C(C)C. The Kier molecular flexibility index (Phi) is 6.96. The van der Waals surface area contributed by atoms with Gasteiger partial charge in [-0.3, -0.25) is 9.69 Å². The summed E-state index contributed by atoms with van der Waals surface area (Å²) in [5, 5.41) is 3.03. The molecule has 0 aromatic carbocycles. The second-order valence-electron chi connectivity index (χ2n) is 6.88. The Morgan fingerprint density at radius 1 is 1.15 bits per heavy atom. The van der Waals surface area contributed by atoms with E-state index in [2.05, 4.69) is 37.9 Å². The summed E-state index contributed by atoms with van der Waals surface area (Å²) in [7, 11) is 0. The summed E-state index contributed by atoms with van der Waals surface area (Å²) in [6, 6.07) is 1.01.